The molecule has 2 aromatic heterocycles. The van der Waals surface area contributed by atoms with Crippen molar-refractivity contribution in [2.75, 3.05) is 25.6 Å². The quantitative estimate of drug-likeness (QED) is 0.629. The number of aryl methyl sites for hydroxylation is 1. The van der Waals surface area contributed by atoms with Gasteiger partial charge in [-0.3, -0.25) is 10.2 Å². The Kier molecular flexibility index (Phi) is 5.25. The van der Waals surface area contributed by atoms with Crippen molar-refractivity contribution in [1.29, 1.82) is 5.41 Å². The number of hydrogen-bond acceptors (Lipinski definition) is 7. The van der Waals surface area contributed by atoms with E-state index in [2.05, 4.69) is 15.6 Å². The lowest BCUT2D eigenvalue weighted by atomic mass is 9.95. The average Bonchev–Trinajstić information content (AvgIpc) is 3.31. The molecule has 9 nitrogen and oxygen atoms in total. The lowest BCUT2D eigenvalue weighted by Gasteiger charge is -2.42. The van der Waals surface area contributed by atoms with Crippen molar-refractivity contribution >= 4 is 50.6 Å². The number of carbonyl (C=O) groups excluding carboxylic acids is 1. The number of ether oxygens (including phenoxy) is 1. The molecule has 12 heteroatoms. The van der Waals surface area contributed by atoms with E-state index in [4.69, 9.17) is 21.7 Å². The minimum atomic E-state index is -3.82. The molecule has 160 valence electrons. The Hall–Kier alpha value is -2.21. The van der Waals surface area contributed by atoms with E-state index in [0.29, 0.717) is 15.6 Å². The van der Waals surface area contributed by atoms with Crippen LogP contribution in [0.2, 0.25) is 5.02 Å². The summed E-state index contributed by atoms with van der Waals surface area (Å²) in [5, 5.41) is 13.1. The summed E-state index contributed by atoms with van der Waals surface area (Å²) in [6.45, 7) is 1.96. The number of guanidine groups is 1. The van der Waals surface area contributed by atoms with E-state index in [1.807, 2.05) is 19.1 Å². The molecule has 2 atom stereocenters. The lowest BCUT2D eigenvalue weighted by Crippen LogP contribution is -2.66. The van der Waals surface area contributed by atoms with E-state index >= 15 is 0 Å². The number of fused-ring (bicyclic) bond motifs is 1. The van der Waals surface area contributed by atoms with Gasteiger partial charge >= 0.3 is 0 Å². The second kappa shape index (κ2) is 7.49. The number of hydrogen-bond donors (Lipinski definition) is 3. The fourth-order valence-electron chi connectivity index (χ4n) is 3.60. The van der Waals surface area contributed by atoms with E-state index in [1.54, 1.807) is 6.07 Å². The van der Waals surface area contributed by atoms with Gasteiger partial charge < -0.3 is 15.4 Å². The number of pyridine rings is 1. The number of anilines is 1. The molecule has 0 spiro atoms. The Morgan fingerprint density at radius 3 is 3.03 bits per heavy atom. The van der Waals surface area contributed by atoms with Crippen molar-refractivity contribution < 1.29 is 17.9 Å². The van der Waals surface area contributed by atoms with E-state index in [-0.39, 0.29) is 24.2 Å². The summed E-state index contributed by atoms with van der Waals surface area (Å²) in [6.07, 6.45) is 0.739. The summed E-state index contributed by atoms with van der Waals surface area (Å²) in [5.41, 5.74) is -0.370. The molecular formula is C18H20ClN5O4S2. The van der Waals surface area contributed by atoms with Crippen LogP contribution >= 0.6 is 22.9 Å². The molecule has 0 aliphatic carbocycles. The highest BCUT2D eigenvalue weighted by molar-refractivity contribution is 7.90. The molecule has 2 aromatic rings. The zero-order chi connectivity index (χ0) is 21.7. The molecule has 4 heterocycles. The number of carbonyl (C=O) groups is 1. The lowest BCUT2D eigenvalue weighted by molar-refractivity contribution is 0.103. The molecule has 1 amide bonds. The fraction of sp³-hybridized carbons (Fsp3) is 0.389. The Balaban J connectivity index is 1.68. The molecule has 2 fully saturated rings. The third-order valence-corrected chi connectivity index (χ3v) is 9.20. The number of rotatable bonds is 4. The Morgan fingerprint density at radius 2 is 2.30 bits per heavy atom. The molecule has 2 aliphatic rings. The highest BCUT2D eigenvalue weighted by atomic mass is 35.5. The number of aromatic nitrogens is 1. The Labute approximate surface area is 183 Å². The molecule has 2 aliphatic heterocycles. The first-order chi connectivity index (χ1) is 14.2. The van der Waals surface area contributed by atoms with Gasteiger partial charge in [-0.05, 0) is 24.6 Å². The first-order valence-electron chi connectivity index (χ1n) is 9.18. The van der Waals surface area contributed by atoms with Gasteiger partial charge in [0.05, 0.1) is 28.0 Å². The third-order valence-electron chi connectivity index (χ3n) is 5.27. The smallest absolute Gasteiger partial charge is 0.266 e. The maximum Gasteiger partial charge on any atom is 0.266 e. The first kappa shape index (κ1) is 21.0. The van der Waals surface area contributed by atoms with E-state index in [0.717, 1.165) is 27.8 Å². The van der Waals surface area contributed by atoms with Crippen LogP contribution in [0.15, 0.2) is 24.3 Å². The minimum absolute atomic E-state index is 0.0223. The summed E-state index contributed by atoms with van der Waals surface area (Å²) in [7, 11) is -2.50. The zero-order valence-corrected chi connectivity index (χ0v) is 18.6. The van der Waals surface area contributed by atoms with Crippen LogP contribution in [0.3, 0.4) is 0 Å². The Morgan fingerprint density at radius 1 is 1.53 bits per heavy atom. The van der Waals surface area contributed by atoms with Gasteiger partial charge in [-0.15, -0.1) is 11.3 Å². The van der Waals surface area contributed by atoms with Gasteiger partial charge in [0.1, 0.15) is 16.6 Å². The summed E-state index contributed by atoms with van der Waals surface area (Å²) in [6, 6.07) is 6.88. The van der Waals surface area contributed by atoms with Crippen molar-refractivity contribution in [3.05, 3.63) is 44.7 Å². The molecule has 0 saturated carbocycles. The number of sulfonamides is 1. The molecule has 30 heavy (non-hydrogen) atoms. The molecule has 2 saturated heterocycles. The highest BCUT2D eigenvalue weighted by Crippen LogP contribution is 2.45. The summed E-state index contributed by atoms with van der Waals surface area (Å²) < 4.78 is 32.1. The topological polar surface area (TPSA) is 124 Å². The van der Waals surface area contributed by atoms with Gasteiger partial charge in [-0.25, -0.2) is 17.7 Å². The van der Waals surface area contributed by atoms with E-state index < -0.39 is 26.7 Å². The number of nitrogens with zero attached hydrogens (tertiary/aromatic N) is 2. The number of nitrogens with one attached hydrogen (secondary N) is 3. The van der Waals surface area contributed by atoms with E-state index in [1.165, 1.54) is 13.1 Å². The zero-order valence-electron chi connectivity index (χ0n) is 16.2. The van der Waals surface area contributed by atoms with Gasteiger partial charge in [0.15, 0.2) is 0 Å². The third kappa shape index (κ3) is 3.25. The van der Waals surface area contributed by atoms with Crippen molar-refractivity contribution in [3.63, 3.8) is 0 Å². The van der Waals surface area contributed by atoms with Crippen molar-refractivity contribution in [3.8, 4) is 0 Å². The molecule has 0 radical (unpaired) electrons. The number of amides is 1. The van der Waals surface area contributed by atoms with Crippen molar-refractivity contribution in [1.82, 2.24) is 14.6 Å². The first-order valence-corrected chi connectivity index (χ1v) is 11.9. The molecule has 3 N–H and O–H groups in total. The molecule has 4 rings (SSSR count). The van der Waals surface area contributed by atoms with Crippen LogP contribution in [0.4, 0.5) is 5.82 Å². The molecule has 1 unspecified atom stereocenters. The van der Waals surface area contributed by atoms with Gasteiger partial charge in [0.25, 0.3) is 5.91 Å². The number of thiophene rings is 1. The van der Waals surface area contributed by atoms with Gasteiger partial charge in [-0.2, -0.15) is 0 Å². The summed E-state index contributed by atoms with van der Waals surface area (Å²) >= 11 is 7.53. The molecular weight excluding hydrogens is 450 g/mol. The maximum atomic E-state index is 12.9. The van der Waals surface area contributed by atoms with Gasteiger partial charge in [0.2, 0.25) is 16.0 Å². The predicted octanol–water partition coefficient (Wildman–Crippen LogP) is 2.00. The normalized spacial score (nSPS) is 25.0. The van der Waals surface area contributed by atoms with Crippen LogP contribution in [0, 0.1) is 5.41 Å². The largest absolute Gasteiger partial charge is 0.377 e. The van der Waals surface area contributed by atoms with Crippen LogP contribution in [-0.4, -0.2) is 55.1 Å². The highest BCUT2D eigenvalue weighted by Gasteiger charge is 2.59. The second-order valence-electron chi connectivity index (χ2n) is 7.07. The molecule has 0 bridgehead atoms. The van der Waals surface area contributed by atoms with Crippen LogP contribution in [-0.2, 0) is 26.7 Å². The second-order valence-corrected chi connectivity index (χ2v) is 10.7. The standard InChI is InChI=1S/C18H20ClN5O4S2/c1-3-10-5-4-6-14(21-10)22-16(25)12-7-11(19)15(29-12)18-9-28-8-13(18)30(26,27)24(2)17(20)23-18/h4-7,13H,3,8-9H2,1-2H3,(H2,20,23)(H,21,22,25)/t13?,18-/m0/s1. The van der Waals surface area contributed by atoms with Crippen LogP contribution in [0.25, 0.3) is 0 Å². The van der Waals surface area contributed by atoms with E-state index in [9.17, 15) is 13.2 Å². The average molecular weight is 470 g/mol. The maximum absolute atomic E-state index is 12.9. The van der Waals surface area contributed by atoms with Crippen molar-refractivity contribution in [2.45, 2.75) is 24.1 Å². The summed E-state index contributed by atoms with van der Waals surface area (Å²) in [4.78, 5) is 17.9. The van der Waals surface area contributed by atoms with Crippen molar-refractivity contribution in [2.24, 2.45) is 0 Å². The Bertz CT molecular complexity index is 1140. The van der Waals surface area contributed by atoms with Crippen LogP contribution in [0.5, 0.6) is 0 Å². The minimum Gasteiger partial charge on any atom is -0.377 e. The summed E-state index contributed by atoms with van der Waals surface area (Å²) in [5.74, 6) is -0.244. The predicted molar refractivity (Wildman–Crippen MR) is 115 cm³/mol. The molecule has 0 aromatic carbocycles. The fourth-order valence-corrected chi connectivity index (χ4v) is 6.97. The van der Waals surface area contributed by atoms with Crippen LogP contribution < -0.4 is 10.6 Å². The monoisotopic (exact) mass is 469 g/mol. The number of halogens is 1. The van der Waals surface area contributed by atoms with Gasteiger partial charge in [0, 0.05) is 12.7 Å². The van der Waals surface area contributed by atoms with Gasteiger partial charge in [-0.1, -0.05) is 24.6 Å². The SMILES string of the molecule is CCc1cccc(NC(=O)c2cc(Cl)c([C@]34COCC3S(=O)(=O)N(C)C(=N)N4)s2)n1. The van der Waals surface area contributed by atoms with Crippen LogP contribution in [0.1, 0.15) is 27.2 Å².